The number of rotatable bonds is 4. The second-order valence-electron chi connectivity index (χ2n) is 5.62. The molecule has 0 amide bonds. The fraction of sp³-hybridized carbons (Fsp3) is 0.571. The standard InChI is InChI=1S/C14H21ClN2/c1-14(2)7-9-17(11-14)10-8-16-13-5-3-12(15)4-6-13/h3-6,16H,7-11H2,1-2H3. The molecule has 0 radical (unpaired) electrons. The van der Waals surface area contributed by atoms with Crippen molar-refractivity contribution < 1.29 is 0 Å². The number of anilines is 1. The zero-order chi connectivity index (χ0) is 12.3. The Morgan fingerprint density at radius 2 is 2.00 bits per heavy atom. The summed E-state index contributed by atoms with van der Waals surface area (Å²) in [7, 11) is 0. The second kappa shape index (κ2) is 5.28. The van der Waals surface area contributed by atoms with Crippen LogP contribution in [0.25, 0.3) is 0 Å². The molecule has 0 aromatic heterocycles. The maximum Gasteiger partial charge on any atom is 0.0407 e. The molecule has 17 heavy (non-hydrogen) atoms. The van der Waals surface area contributed by atoms with E-state index in [1.54, 1.807) is 0 Å². The van der Waals surface area contributed by atoms with Gasteiger partial charge in [0, 0.05) is 30.3 Å². The van der Waals surface area contributed by atoms with E-state index in [9.17, 15) is 0 Å². The number of hydrogen-bond acceptors (Lipinski definition) is 2. The van der Waals surface area contributed by atoms with Gasteiger partial charge in [-0.3, -0.25) is 0 Å². The highest BCUT2D eigenvalue weighted by atomic mass is 35.5. The fourth-order valence-corrected chi connectivity index (χ4v) is 2.47. The Morgan fingerprint density at radius 1 is 1.29 bits per heavy atom. The third kappa shape index (κ3) is 3.90. The minimum Gasteiger partial charge on any atom is -0.384 e. The topological polar surface area (TPSA) is 15.3 Å². The van der Waals surface area contributed by atoms with Crippen LogP contribution in [-0.2, 0) is 0 Å². The van der Waals surface area contributed by atoms with Crippen molar-refractivity contribution in [2.45, 2.75) is 20.3 Å². The van der Waals surface area contributed by atoms with Gasteiger partial charge in [-0.15, -0.1) is 0 Å². The van der Waals surface area contributed by atoms with Crippen LogP contribution in [0.15, 0.2) is 24.3 Å². The van der Waals surface area contributed by atoms with E-state index in [4.69, 9.17) is 11.6 Å². The Morgan fingerprint density at radius 3 is 2.59 bits per heavy atom. The molecule has 1 fully saturated rings. The molecule has 3 heteroatoms. The van der Waals surface area contributed by atoms with E-state index in [1.165, 1.54) is 19.5 Å². The van der Waals surface area contributed by atoms with Crippen molar-refractivity contribution in [2.24, 2.45) is 5.41 Å². The maximum atomic E-state index is 5.84. The van der Waals surface area contributed by atoms with Gasteiger partial charge >= 0.3 is 0 Å². The maximum absolute atomic E-state index is 5.84. The van der Waals surface area contributed by atoms with Gasteiger partial charge in [-0.1, -0.05) is 25.4 Å². The zero-order valence-electron chi connectivity index (χ0n) is 10.7. The lowest BCUT2D eigenvalue weighted by Gasteiger charge is -2.19. The first-order chi connectivity index (χ1) is 8.05. The van der Waals surface area contributed by atoms with Gasteiger partial charge in [0.25, 0.3) is 0 Å². The highest BCUT2D eigenvalue weighted by Crippen LogP contribution is 2.28. The Labute approximate surface area is 109 Å². The molecule has 0 unspecified atom stereocenters. The van der Waals surface area contributed by atoms with Crippen LogP contribution in [0, 0.1) is 5.41 Å². The van der Waals surface area contributed by atoms with Crippen molar-refractivity contribution in [3.05, 3.63) is 29.3 Å². The molecule has 1 aromatic carbocycles. The predicted octanol–water partition coefficient (Wildman–Crippen LogP) is 3.48. The van der Waals surface area contributed by atoms with Crippen molar-refractivity contribution >= 4 is 17.3 Å². The van der Waals surface area contributed by atoms with E-state index < -0.39 is 0 Å². The van der Waals surface area contributed by atoms with E-state index in [-0.39, 0.29) is 0 Å². The minimum atomic E-state index is 0.500. The monoisotopic (exact) mass is 252 g/mol. The molecule has 1 N–H and O–H groups in total. The van der Waals surface area contributed by atoms with Gasteiger partial charge in [0.1, 0.15) is 0 Å². The highest BCUT2D eigenvalue weighted by Gasteiger charge is 2.28. The molecule has 1 aromatic rings. The summed E-state index contributed by atoms with van der Waals surface area (Å²) in [6, 6.07) is 7.89. The molecule has 0 saturated carbocycles. The predicted molar refractivity (Wildman–Crippen MR) is 74.8 cm³/mol. The number of nitrogens with zero attached hydrogens (tertiary/aromatic N) is 1. The largest absolute Gasteiger partial charge is 0.384 e. The number of benzene rings is 1. The van der Waals surface area contributed by atoms with Crippen molar-refractivity contribution in [3.63, 3.8) is 0 Å². The molecule has 0 aliphatic carbocycles. The quantitative estimate of drug-likeness (QED) is 0.883. The molecule has 2 nitrogen and oxygen atoms in total. The second-order valence-corrected chi connectivity index (χ2v) is 6.06. The normalized spacial score (nSPS) is 19.5. The van der Waals surface area contributed by atoms with Crippen LogP contribution in [0.5, 0.6) is 0 Å². The van der Waals surface area contributed by atoms with Gasteiger partial charge in [0.15, 0.2) is 0 Å². The van der Waals surface area contributed by atoms with E-state index in [0.29, 0.717) is 5.41 Å². The molecule has 94 valence electrons. The Kier molecular flexibility index (Phi) is 3.95. The molecular formula is C14H21ClN2. The van der Waals surface area contributed by atoms with Gasteiger partial charge in [0.05, 0.1) is 0 Å². The lowest BCUT2D eigenvalue weighted by molar-refractivity contribution is 0.300. The van der Waals surface area contributed by atoms with Crippen molar-refractivity contribution in [1.82, 2.24) is 4.90 Å². The van der Waals surface area contributed by atoms with Crippen LogP contribution in [0.1, 0.15) is 20.3 Å². The van der Waals surface area contributed by atoms with E-state index in [2.05, 4.69) is 24.1 Å². The first-order valence-electron chi connectivity index (χ1n) is 6.27. The van der Waals surface area contributed by atoms with Crippen molar-refractivity contribution in [1.29, 1.82) is 0 Å². The summed E-state index contributed by atoms with van der Waals surface area (Å²) in [5.41, 5.74) is 1.65. The summed E-state index contributed by atoms with van der Waals surface area (Å²) in [5, 5.41) is 4.21. The van der Waals surface area contributed by atoms with Crippen LogP contribution < -0.4 is 5.32 Å². The number of nitrogens with one attached hydrogen (secondary N) is 1. The van der Waals surface area contributed by atoms with Gasteiger partial charge < -0.3 is 10.2 Å². The molecule has 1 aliphatic rings. The van der Waals surface area contributed by atoms with Crippen LogP contribution in [0.3, 0.4) is 0 Å². The third-order valence-corrected chi connectivity index (χ3v) is 3.61. The fourth-order valence-electron chi connectivity index (χ4n) is 2.34. The Hall–Kier alpha value is -0.730. The molecule has 0 spiro atoms. The van der Waals surface area contributed by atoms with Gasteiger partial charge in [-0.2, -0.15) is 0 Å². The van der Waals surface area contributed by atoms with Gasteiger partial charge in [-0.05, 0) is 42.6 Å². The number of likely N-dealkylation sites (tertiary alicyclic amines) is 1. The lowest BCUT2D eigenvalue weighted by atomic mass is 9.93. The summed E-state index contributed by atoms with van der Waals surface area (Å²) in [6.07, 6.45) is 1.31. The minimum absolute atomic E-state index is 0.500. The molecule has 2 rings (SSSR count). The Bertz CT molecular complexity index is 359. The van der Waals surface area contributed by atoms with Crippen LogP contribution >= 0.6 is 11.6 Å². The molecular weight excluding hydrogens is 232 g/mol. The first kappa shape index (κ1) is 12.7. The van der Waals surface area contributed by atoms with Gasteiger partial charge in [-0.25, -0.2) is 0 Å². The summed E-state index contributed by atoms with van der Waals surface area (Å²) < 4.78 is 0. The summed E-state index contributed by atoms with van der Waals surface area (Å²) in [5.74, 6) is 0. The molecule has 1 saturated heterocycles. The van der Waals surface area contributed by atoms with Crippen molar-refractivity contribution in [2.75, 3.05) is 31.5 Å². The Balaban J connectivity index is 1.71. The highest BCUT2D eigenvalue weighted by molar-refractivity contribution is 6.30. The first-order valence-corrected chi connectivity index (χ1v) is 6.65. The zero-order valence-corrected chi connectivity index (χ0v) is 11.4. The van der Waals surface area contributed by atoms with E-state index in [0.717, 1.165) is 23.8 Å². The molecule has 0 bridgehead atoms. The summed E-state index contributed by atoms with van der Waals surface area (Å²) in [6.45, 7) is 9.26. The van der Waals surface area contributed by atoms with E-state index in [1.807, 2.05) is 24.3 Å². The SMILES string of the molecule is CC1(C)CCN(CCNc2ccc(Cl)cc2)C1. The lowest BCUT2D eigenvalue weighted by Crippen LogP contribution is -2.28. The van der Waals surface area contributed by atoms with Crippen molar-refractivity contribution in [3.8, 4) is 0 Å². The average molecular weight is 253 g/mol. The van der Waals surface area contributed by atoms with Gasteiger partial charge in [0.2, 0.25) is 0 Å². The van der Waals surface area contributed by atoms with Crippen LogP contribution in [0.2, 0.25) is 5.02 Å². The summed E-state index contributed by atoms with van der Waals surface area (Å²) in [4.78, 5) is 2.53. The molecule has 1 aliphatic heterocycles. The third-order valence-electron chi connectivity index (χ3n) is 3.36. The number of halogens is 1. The smallest absolute Gasteiger partial charge is 0.0407 e. The average Bonchev–Trinajstić information content (AvgIpc) is 2.61. The van der Waals surface area contributed by atoms with Crippen LogP contribution in [0.4, 0.5) is 5.69 Å². The van der Waals surface area contributed by atoms with E-state index >= 15 is 0 Å². The molecule has 0 atom stereocenters. The molecule has 1 heterocycles. The van der Waals surface area contributed by atoms with Crippen LogP contribution in [-0.4, -0.2) is 31.1 Å². The summed E-state index contributed by atoms with van der Waals surface area (Å²) >= 11 is 5.84. The number of hydrogen-bond donors (Lipinski definition) is 1.